The smallest absolute Gasteiger partial charge is 0.319 e. The molecular formula is C17H26N4O3S. The van der Waals surface area contributed by atoms with E-state index >= 15 is 0 Å². The van der Waals surface area contributed by atoms with Gasteiger partial charge in [0.05, 0.1) is 23.4 Å². The molecular weight excluding hydrogens is 340 g/mol. The standard InChI is InChI=1S/C17H26N4O3S/c1-21(15-9-10-25(23,24)12-15)16-8-7-14(11-18-16)20-17(22)19-13-5-3-2-4-6-13/h7-8,11,13,15H,2-6,9-10,12H2,1H3,(H2,19,20,22). The largest absolute Gasteiger partial charge is 0.356 e. The fourth-order valence-corrected chi connectivity index (χ4v) is 5.31. The SMILES string of the molecule is CN(c1ccc(NC(=O)NC2CCCCC2)cn1)C1CCS(=O)(=O)C1. The van der Waals surface area contributed by atoms with Crippen molar-refractivity contribution in [2.75, 3.05) is 28.8 Å². The van der Waals surface area contributed by atoms with Gasteiger partial charge < -0.3 is 15.5 Å². The zero-order valence-electron chi connectivity index (χ0n) is 14.6. The van der Waals surface area contributed by atoms with Gasteiger partial charge in [-0.15, -0.1) is 0 Å². The van der Waals surface area contributed by atoms with Crippen LogP contribution in [-0.2, 0) is 9.84 Å². The van der Waals surface area contributed by atoms with Crippen LogP contribution in [0, 0.1) is 0 Å². The summed E-state index contributed by atoms with van der Waals surface area (Å²) < 4.78 is 23.2. The van der Waals surface area contributed by atoms with Crippen molar-refractivity contribution >= 4 is 27.4 Å². The number of aromatic nitrogens is 1. The number of carbonyl (C=O) groups excluding carboxylic acids is 1. The average Bonchev–Trinajstić information content (AvgIpc) is 2.96. The number of urea groups is 1. The quantitative estimate of drug-likeness (QED) is 0.852. The summed E-state index contributed by atoms with van der Waals surface area (Å²) >= 11 is 0. The van der Waals surface area contributed by atoms with Crippen molar-refractivity contribution in [3.63, 3.8) is 0 Å². The van der Waals surface area contributed by atoms with Gasteiger partial charge in [0.1, 0.15) is 5.82 Å². The van der Waals surface area contributed by atoms with Crippen LogP contribution in [0.1, 0.15) is 38.5 Å². The molecule has 1 saturated carbocycles. The summed E-state index contributed by atoms with van der Waals surface area (Å²) in [5.74, 6) is 1.12. The molecule has 8 heteroatoms. The fraction of sp³-hybridized carbons (Fsp3) is 0.647. The summed E-state index contributed by atoms with van der Waals surface area (Å²) in [7, 11) is -1.06. The van der Waals surface area contributed by atoms with E-state index in [0.29, 0.717) is 17.9 Å². The highest BCUT2D eigenvalue weighted by molar-refractivity contribution is 7.91. The maximum atomic E-state index is 12.1. The molecule has 2 heterocycles. The zero-order chi connectivity index (χ0) is 17.9. The van der Waals surface area contributed by atoms with E-state index in [4.69, 9.17) is 0 Å². The number of nitrogens with zero attached hydrogens (tertiary/aromatic N) is 2. The van der Waals surface area contributed by atoms with E-state index in [0.717, 1.165) is 12.8 Å². The van der Waals surface area contributed by atoms with E-state index in [1.54, 1.807) is 18.3 Å². The van der Waals surface area contributed by atoms with Gasteiger partial charge >= 0.3 is 6.03 Å². The van der Waals surface area contributed by atoms with Crippen LogP contribution in [0.3, 0.4) is 0 Å². The molecule has 1 saturated heterocycles. The average molecular weight is 366 g/mol. The second-order valence-corrected chi connectivity index (χ2v) is 9.23. The van der Waals surface area contributed by atoms with Crippen LogP contribution in [-0.4, -0.2) is 50.1 Å². The van der Waals surface area contributed by atoms with Gasteiger partial charge in [0.15, 0.2) is 9.84 Å². The van der Waals surface area contributed by atoms with Crippen molar-refractivity contribution in [1.82, 2.24) is 10.3 Å². The van der Waals surface area contributed by atoms with Crippen LogP contribution in [0.15, 0.2) is 18.3 Å². The van der Waals surface area contributed by atoms with Crippen LogP contribution in [0.5, 0.6) is 0 Å². The van der Waals surface area contributed by atoms with E-state index in [-0.39, 0.29) is 29.6 Å². The lowest BCUT2D eigenvalue weighted by Gasteiger charge is -2.25. The lowest BCUT2D eigenvalue weighted by Crippen LogP contribution is -2.39. The molecule has 2 N–H and O–H groups in total. The third-order valence-corrected chi connectivity index (χ3v) is 6.81. The Morgan fingerprint density at radius 3 is 2.56 bits per heavy atom. The van der Waals surface area contributed by atoms with E-state index in [9.17, 15) is 13.2 Å². The molecule has 1 aliphatic heterocycles. The maximum absolute atomic E-state index is 12.1. The zero-order valence-corrected chi connectivity index (χ0v) is 15.4. The number of anilines is 2. The van der Waals surface area contributed by atoms with Crippen molar-refractivity contribution in [3.05, 3.63) is 18.3 Å². The minimum Gasteiger partial charge on any atom is -0.356 e. The molecule has 7 nitrogen and oxygen atoms in total. The molecule has 0 radical (unpaired) electrons. The lowest BCUT2D eigenvalue weighted by molar-refractivity contribution is 0.244. The van der Waals surface area contributed by atoms with Gasteiger partial charge in [0.25, 0.3) is 0 Å². The first-order chi connectivity index (χ1) is 11.9. The third kappa shape index (κ3) is 4.84. The Kier molecular flexibility index (Phi) is 5.46. The van der Waals surface area contributed by atoms with Gasteiger partial charge in [-0.05, 0) is 31.4 Å². The van der Waals surface area contributed by atoms with Crippen molar-refractivity contribution in [1.29, 1.82) is 0 Å². The summed E-state index contributed by atoms with van der Waals surface area (Å²) in [5.41, 5.74) is 0.629. The van der Waals surface area contributed by atoms with Crippen LogP contribution in [0.2, 0.25) is 0 Å². The van der Waals surface area contributed by atoms with Gasteiger partial charge in [0.2, 0.25) is 0 Å². The maximum Gasteiger partial charge on any atom is 0.319 e. The highest BCUT2D eigenvalue weighted by Crippen LogP contribution is 2.22. The molecule has 0 bridgehead atoms. The van der Waals surface area contributed by atoms with Crippen molar-refractivity contribution in [2.45, 2.75) is 50.6 Å². The summed E-state index contributed by atoms with van der Waals surface area (Å²) in [6.07, 6.45) is 7.91. The first-order valence-corrected chi connectivity index (χ1v) is 10.7. The molecule has 2 fully saturated rings. The molecule has 0 aromatic carbocycles. The fourth-order valence-electron chi connectivity index (χ4n) is 3.54. The summed E-state index contributed by atoms with van der Waals surface area (Å²) in [6, 6.07) is 3.63. The second-order valence-electron chi connectivity index (χ2n) is 7.01. The molecule has 1 aromatic rings. The molecule has 0 spiro atoms. The van der Waals surface area contributed by atoms with Crippen LogP contribution < -0.4 is 15.5 Å². The third-order valence-electron chi connectivity index (χ3n) is 5.06. The normalized spacial score (nSPS) is 23.2. The minimum atomic E-state index is -2.92. The first kappa shape index (κ1) is 18.0. The number of amides is 2. The van der Waals surface area contributed by atoms with Gasteiger partial charge in [-0.25, -0.2) is 18.2 Å². The predicted octanol–water partition coefficient (Wildman–Crippen LogP) is 2.16. The molecule has 3 rings (SSSR count). The number of rotatable bonds is 4. The Morgan fingerprint density at radius 1 is 1.20 bits per heavy atom. The highest BCUT2D eigenvalue weighted by atomic mass is 32.2. The van der Waals surface area contributed by atoms with Gasteiger partial charge in [-0.3, -0.25) is 0 Å². The number of hydrogen-bond donors (Lipinski definition) is 2. The number of carbonyl (C=O) groups is 1. The molecule has 138 valence electrons. The van der Waals surface area contributed by atoms with Gasteiger partial charge in [0, 0.05) is 19.1 Å². The number of nitrogens with one attached hydrogen (secondary N) is 2. The summed E-state index contributed by atoms with van der Waals surface area (Å²) in [6.45, 7) is 0. The van der Waals surface area contributed by atoms with Crippen LogP contribution >= 0.6 is 0 Å². The van der Waals surface area contributed by atoms with E-state index in [1.807, 2.05) is 11.9 Å². The predicted molar refractivity (Wildman–Crippen MR) is 98.7 cm³/mol. The number of pyridine rings is 1. The van der Waals surface area contributed by atoms with E-state index < -0.39 is 9.84 Å². The minimum absolute atomic E-state index is 0.0362. The summed E-state index contributed by atoms with van der Waals surface area (Å²) in [4.78, 5) is 18.3. The second kappa shape index (κ2) is 7.59. The molecule has 1 aliphatic carbocycles. The van der Waals surface area contributed by atoms with Crippen molar-refractivity contribution in [3.8, 4) is 0 Å². The van der Waals surface area contributed by atoms with Gasteiger partial charge in [-0.1, -0.05) is 19.3 Å². The monoisotopic (exact) mass is 366 g/mol. The molecule has 1 aromatic heterocycles. The first-order valence-electron chi connectivity index (χ1n) is 8.90. The van der Waals surface area contributed by atoms with Crippen molar-refractivity contribution in [2.24, 2.45) is 0 Å². The molecule has 1 unspecified atom stereocenters. The Morgan fingerprint density at radius 2 is 1.96 bits per heavy atom. The Hall–Kier alpha value is -1.83. The Bertz CT molecular complexity index is 699. The van der Waals surface area contributed by atoms with Crippen LogP contribution in [0.25, 0.3) is 0 Å². The van der Waals surface area contributed by atoms with Crippen molar-refractivity contribution < 1.29 is 13.2 Å². The molecule has 2 aliphatic rings. The van der Waals surface area contributed by atoms with E-state index in [1.165, 1.54) is 19.3 Å². The Labute approximate surface area is 149 Å². The highest BCUT2D eigenvalue weighted by Gasteiger charge is 2.31. The molecule has 2 amide bonds. The van der Waals surface area contributed by atoms with E-state index in [2.05, 4.69) is 15.6 Å². The lowest BCUT2D eigenvalue weighted by atomic mass is 9.96. The Balaban J connectivity index is 1.54. The summed E-state index contributed by atoms with van der Waals surface area (Å²) in [5, 5.41) is 5.81. The van der Waals surface area contributed by atoms with Crippen LogP contribution in [0.4, 0.5) is 16.3 Å². The number of hydrogen-bond acceptors (Lipinski definition) is 5. The topological polar surface area (TPSA) is 91.4 Å². The number of sulfone groups is 1. The molecule has 25 heavy (non-hydrogen) atoms. The molecule has 1 atom stereocenters. The van der Waals surface area contributed by atoms with Gasteiger partial charge in [-0.2, -0.15) is 0 Å².